The fourth-order valence-corrected chi connectivity index (χ4v) is 1.59. The van der Waals surface area contributed by atoms with Crippen LogP contribution < -0.4 is 5.32 Å². The van der Waals surface area contributed by atoms with E-state index in [1.54, 1.807) is 23.1 Å². The molecule has 1 unspecified atom stereocenters. The van der Waals surface area contributed by atoms with Gasteiger partial charge in [-0.2, -0.15) is 5.10 Å². The molecule has 0 aliphatic heterocycles. The normalized spacial score (nSPS) is 12.4. The first-order chi connectivity index (χ1) is 8.15. The fourth-order valence-electron chi connectivity index (χ4n) is 1.59. The monoisotopic (exact) mass is 233 g/mol. The van der Waals surface area contributed by atoms with Crippen LogP contribution >= 0.6 is 0 Å². The predicted octanol–water partition coefficient (Wildman–Crippen LogP) is 1.66. The Morgan fingerprint density at radius 2 is 2.41 bits per heavy atom. The van der Waals surface area contributed by atoms with Gasteiger partial charge in [-0.15, -0.1) is 0 Å². The summed E-state index contributed by atoms with van der Waals surface area (Å²) in [7, 11) is 0. The molecule has 1 atom stereocenters. The van der Waals surface area contributed by atoms with Crippen molar-refractivity contribution in [2.45, 2.75) is 26.4 Å². The largest absolute Gasteiger partial charge is 0.464 e. The van der Waals surface area contributed by atoms with E-state index in [2.05, 4.69) is 10.4 Å². The Labute approximate surface area is 99.4 Å². The average Bonchev–Trinajstić information content (AvgIpc) is 2.89. The summed E-state index contributed by atoms with van der Waals surface area (Å²) in [6.07, 6.45) is 3.40. The van der Waals surface area contributed by atoms with Gasteiger partial charge in [0.15, 0.2) is 0 Å². The van der Waals surface area contributed by atoms with Crippen LogP contribution in [0.3, 0.4) is 0 Å². The first-order valence-electron chi connectivity index (χ1n) is 5.48. The molecule has 2 heterocycles. The lowest BCUT2D eigenvalue weighted by Crippen LogP contribution is -2.30. The molecule has 0 saturated heterocycles. The van der Waals surface area contributed by atoms with Crippen LogP contribution in [-0.2, 0) is 11.3 Å². The van der Waals surface area contributed by atoms with Crippen molar-refractivity contribution in [1.29, 1.82) is 0 Å². The molecule has 2 aromatic heterocycles. The number of furan rings is 1. The highest BCUT2D eigenvalue weighted by molar-refractivity contribution is 5.76. The molecule has 0 bridgehead atoms. The number of nitrogens with one attached hydrogen (secondary N) is 1. The Morgan fingerprint density at radius 1 is 1.59 bits per heavy atom. The average molecular weight is 233 g/mol. The van der Waals surface area contributed by atoms with Crippen molar-refractivity contribution < 1.29 is 9.21 Å². The van der Waals surface area contributed by atoms with Gasteiger partial charge in [-0.05, 0) is 32.0 Å². The van der Waals surface area contributed by atoms with E-state index in [1.165, 1.54) is 0 Å². The third-order valence-corrected chi connectivity index (χ3v) is 2.43. The molecule has 90 valence electrons. The lowest BCUT2D eigenvalue weighted by Gasteiger charge is -2.11. The third-order valence-electron chi connectivity index (χ3n) is 2.43. The minimum absolute atomic E-state index is 0.0877. The van der Waals surface area contributed by atoms with Crippen LogP contribution in [-0.4, -0.2) is 15.7 Å². The molecular weight excluding hydrogens is 218 g/mol. The summed E-state index contributed by atoms with van der Waals surface area (Å²) < 4.78 is 7.02. The third kappa shape index (κ3) is 2.96. The molecule has 17 heavy (non-hydrogen) atoms. The molecule has 0 aromatic carbocycles. The molecule has 0 aliphatic rings. The maximum absolute atomic E-state index is 11.7. The first-order valence-corrected chi connectivity index (χ1v) is 5.48. The molecule has 2 rings (SSSR count). The number of carbonyl (C=O) groups excluding carboxylic acids is 1. The number of aryl methyl sites for hydroxylation is 1. The number of rotatable bonds is 4. The number of hydrogen-bond acceptors (Lipinski definition) is 3. The molecule has 5 nitrogen and oxygen atoms in total. The summed E-state index contributed by atoms with van der Waals surface area (Å²) in [5, 5.41) is 6.83. The second-order valence-electron chi connectivity index (χ2n) is 3.94. The molecule has 1 N–H and O–H groups in total. The van der Waals surface area contributed by atoms with Crippen LogP contribution in [0.2, 0.25) is 0 Å². The van der Waals surface area contributed by atoms with Gasteiger partial charge in [-0.3, -0.25) is 9.48 Å². The van der Waals surface area contributed by atoms with Crippen LogP contribution in [0.25, 0.3) is 0 Å². The zero-order valence-corrected chi connectivity index (χ0v) is 9.88. The van der Waals surface area contributed by atoms with Crippen molar-refractivity contribution in [3.8, 4) is 0 Å². The Hall–Kier alpha value is -2.04. The molecule has 0 saturated carbocycles. The van der Waals surface area contributed by atoms with E-state index >= 15 is 0 Å². The summed E-state index contributed by atoms with van der Waals surface area (Å²) >= 11 is 0. The summed E-state index contributed by atoms with van der Waals surface area (Å²) in [6, 6.07) is 5.40. The van der Waals surface area contributed by atoms with Crippen molar-refractivity contribution in [2.75, 3.05) is 0 Å². The molecule has 0 fully saturated rings. The van der Waals surface area contributed by atoms with Crippen molar-refractivity contribution in [3.05, 3.63) is 42.1 Å². The van der Waals surface area contributed by atoms with Gasteiger partial charge < -0.3 is 9.73 Å². The van der Waals surface area contributed by atoms with Crippen molar-refractivity contribution in [3.63, 3.8) is 0 Å². The topological polar surface area (TPSA) is 60.1 Å². The Morgan fingerprint density at radius 3 is 3.00 bits per heavy atom. The van der Waals surface area contributed by atoms with Crippen LogP contribution in [0.15, 0.2) is 35.0 Å². The van der Waals surface area contributed by atoms with E-state index in [1.807, 2.05) is 26.0 Å². The molecule has 0 radical (unpaired) electrons. The van der Waals surface area contributed by atoms with Crippen molar-refractivity contribution >= 4 is 5.91 Å². The highest BCUT2D eigenvalue weighted by Crippen LogP contribution is 2.15. The van der Waals surface area contributed by atoms with Gasteiger partial charge in [0.1, 0.15) is 18.1 Å². The number of hydrogen-bond donors (Lipinski definition) is 1. The maximum atomic E-state index is 11.7. The smallest absolute Gasteiger partial charge is 0.242 e. The van der Waals surface area contributed by atoms with Crippen molar-refractivity contribution in [1.82, 2.24) is 15.1 Å². The Balaban J connectivity index is 1.90. The maximum Gasteiger partial charge on any atom is 0.242 e. The molecule has 5 heteroatoms. The van der Waals surface area contributed by atoms with Crippen LogP contribution in [0.4, 0.5) is 0 Å². The van der Waals surface area contributed by atoms with Gasteiger partial charge in [-0.25, -0.2) is 0 Å². The van der Waals surface area contributed by atoms with Gasteiger partial charge >= 0.3 is 0 Å². The van der Waals surface area contributed by atoms with E-state index in [0.717, 1.165) is 11.5 Å². The van der Waals surface area contributed by atoms with E-state index in [-0.39, 0.29) is 18.5 Å². The van der Waals surface area contributed by atoms with Gasteiger partial charge in [0.2, 0.25) is 5.91 Å². The van der Waals surface area contributed by atoms with Gasteiger partial charge in [-0.1, -0.05) is 0 Å². The second kappa shape index (κ2) is 4.86. The highest BCUT2D eigenvalue weighted by Gasteiger charge is 2.12. The van der Waals surface area contributed by atoms with Crippen LogP contribution in [0.5, 0.6) is 0 Å². The molecule has 1 amide bonds. The standard InChI is InChI=1S/C12H15N3O2/c1-9-4-5-11(17-9)10(2)14-12(16)8-15-7-3-6-13-15/h3-7,10H,8H2,1-2H3,(H,14,16). The molecule has 0 spiro atoms. The Bertz CT molecular complexity index is 488. The van der Waals surface area contributed by atoms with Gasteiger partial charge in [0, 0.05) is 12.4 Å². The van der Waals surface area contributed by atoms with Crippen LogP contribution in [0.1, 0.15) is 24.5 Å². The first kappa shape index (κ1) is 11.4. The zero-order chi connectivity index (χ0) is 12.3. The van der Waals surface area contributed by atoms with Gasteiger partial charge in [0.05, 0.1) is 6.04 Å². The molecule has 2 aromatic rings. The number of aromatic nitrogens is 2. The zero-order valence-electron chi connectivity index (χ0n) is 9.88. The summed E-state index contributed by atoms with van der Waals surface area (Å²) in [4.78, 5) is 11.7. The number of amides is 1. The quantitative estimate of drug-likeness (QED) is 0.873. The second-order valence-corrected chi connectivity index (χ2v) is 3.94. The van der Waals surface area contributed by atoms with Gasteiger partial charge in [0.25, 0.3) is 0 Å². The van der Waals surface area contributed by atoms with Crippen LogP contribution in [0, 0.1) is 6.92 Å². The molecule has 0 aliphatic carbocycles. The van der Waals surface area contributed by atoms with Crippen molar-refractivity contribution in [2.24, 2.45) is 0 Å². The fraction of sp³-hybridized carbons (Fsp3) is 0.333. The van der Waals surface area contributed by atoms with E-state index in [0.29, 0.717) is 0 Å². The molecular formula is C12H15N3O2. The summed E-state index contributed by atoms with van der Waals surface area (Å²) in [6.45, 7) is 3.98. The van der Waals surface area contributed by atoms with E-state index in [4.69, 9.17) is 4.42 Å². The SMILES string of the molecule is Cc1ccc(C(C)NC(=O)Cn2cccn2)o1. The Kier molecular flexibility index (Phi) is 3.27. The predicted molar refractivity (Wildman–Crippen MR) is 62.2 cm³/mol. The van der Waals surface area contributed by atoms with E-state index < -0.39 is 0 Å². The minimum atomic E-state index is -0.133. The lowest BCUT2D eigenvalue weighted by atomic mass is 10.2. The summed E-state index contributed by atoms with van der Waals surface area (Å²) in [5.41, 5.74) is 0. The minimum Gasteiger partial charge on any atom is -0.464 e. The number of carbonyl (C=O) groups is 1. The summed E-state index contributed by atoms with van der Waals surface area (Å²) in [5.74, 6) is 1.51. The van der Waals surface area contributed by atoms with E-state index in [9.17, 15) is 4.79 Å². The number of nitrogens with zero attached hydrogens (tertiary/aromatic N) is 2. The lowest BCUT2D eigenvalue weighted by molar-refractivity contribution is -0.122. The highest BCUT2D eigenvalue weighted by atomic mass is 16.3.